The SMILES string of the molecule is OC(C1=C=C2CCCC(C2)C1)(C(F)(F)F)C(F)(F)F. The number of aliphatic hydroxyl groups is 1. The van der Waals surface area contributed by atoms with Gasteiger partial charge in [0.15, 0.2) is 0 Å². The predicted molar refractivity (Wildman–Crippen MR) is 54.2 cm³/mol. The molecule has 7 heteroatoms. The minimum Gasteiger partial charge on any atom is -0.369 e. The fraction of sp³-hybridized carbons (Fsp3) is 0.750. The maximum absolute atomic E-state index is 12.7. The summed E-state index contributed by atoms with van der Waals surface area (Å²) in [5.74, 6) is -0.253. The maximum atomic E-state index is 12.7. The molecule has 2 bridgehead atoms. The van der Waals surface area contributed by atoms with Crippen LogP contribution in [0.1, 0.15) is 32.1 Å². The monoisotopic (exact) mass is 286 g/mol. The second-order valence-electron chi connectivity index (χ2n) is 5.08. The lowest BCUT2D eigenvalue weighted by Gasteiger charge is -2.37. The second kappa shape index (κ2) is 4.28. The smallest absolute Gasteiger partial charge is 0.369 e. The predicted octanol–water partition coefficient (Wildman–Crippen LogP) is 3.89. The fourth-order valence-corrected chi connectivity index (χ4v) is 2.74. The van der Waals surface area contributed by atoms with Gasteiger partial charge in [-0.15, -0.1) is 5.73 Å². The van der Waals surface area contributed by atoms with E-state index < -0.39 is 29.9 Å². The molecular formula is C12H12F6O. The standard InChI is InChI=1S/C12H12F6O/c13-11(14,15)10(19,12(16,17)18)9-5-7-2-1-3-8(4-7)6-9/h7,19H,1-5H2. The van der Waals surface area contributed by atoms with Gasteiger partial charge in [0.2, 0.25) is 0 Å². The first kappa shape index (κ1) is 14.5. The zero-order valence-corrected chi connectivity index (χ0v) is 9.83. The van der Waals surface area contributed by atoms with Crippen LogP contribution >= 0.6 is 0 Å². The van der Waals surface area contributed by atoms with Gasteiger partial charge >= 0.3 is 12.4 Å². The summed E-state index contributed by atoms with van der Waals surface area (Å²) in [7, 11) is 0. The highest BCUT2D eigenvalue weighted by Crippen LogP contribution is 2.51. The quantitative estimate of drug-likeness (QED) is 0.573. The number of hydrogen-bond acceptors (Lipinski definition) is 1. The fourth-order valence-electron chi connectivity index (χ4n) is 2.74. The Bertz CT molecular complexity index is 424. The lowest BCUT2D eigenvalue weighted by molar-refractivity contribution is -0.353. The lowest BCUT2D eigenvalue weighted by atomic mass is 9.74. The van der Waals surface area contributed by atoms with Gasteiger partial charge < -0.3 is 5.11 Å². The van der Waals surface area contributed by atoms with Crippen LogP contribution in [0.15, 0.2) is 16.9 Å². The van der Waals surface area contributed by atoms with E-state index in [9.17, 15) is 31.4 Å². The molecule has 2 aliphatic rings. The van der Waals surface area contributed by atoms with Crippen LogP contribution in [-0.2, 0) is 0 Å². The zero-order chi connectivity index (χ0) is 14.5. The first-order valence-corrected chi connectivity index (χ1v) is 5.89. The van der Waals surface area contributed by atoms with Crippen molar-refractivity contribution in [3.63, 3.8) is 0 Å². The van der Waals surface area contributed by atoms with Crippen LogP contribution in [0.2, 0.25) is 0 Å². The van der Waals surface area contributed by atoms with E-state index in [0.29, 0.717) is 24.8 Å². The third-order valence-electron chi connectivity index (χ3n) is 3.70. The van der Waals surface area contributed by atoms with Crippen molar-refractivity contribution in [2.45, 2.75) is 50.1 Å². The molecule has 108 valence electrons. The first-order valence-electron chi connectivity index (χ1n) is 5.89. The summed E-state index contributed by atoms with van der Waals surface area (Å²) in [6.45, 7) is 0. The molecule has 0 radical (unpaired) electrons. The Labute approximate surface area is 105 Å². The van der Waals surface area contributed by atoms with E-state index in [1.807, 2.05) is 0 Å². The Morgan fingerprint density at radius 1 is 1.00 bits per heavy atom. The lowest BCUT2D eigenvalue weighted by Crippen LogP contribution is -2.58. The number of alkyl halides is 6. The molecule has 0 saturated heterocycles. The summed E-state index contributed by atoms with van der Waals surface area (Å²) in [6.07, 6.45) is -9.73. The van der Waals surface area contributed by atoms with Crippen molar-refractivity contribution in [1.82, 2.24) is 0 Å². The summed E-state index contributed by atoms with van der Waals surface area (Å²) in [5, 5.41) is 9.30. The molecule has 0 aromatic rings. The van der Waals surface area contributed by atoms with Crippen molar-refractivity contribution in [3.8, 4) is 0 Å². The van der Waals surface area contributed by atoms with E-state index in [-0.39, 0.29) is 5.92 Å². The van der Waals surface area contributed by atoms with Crippen molar-refractivity contribution in [1.29, 1.82) is 0 Å². The third-order valence-corrected chi connectivity index (χ3v) is 3.70. The number of hydrogen-bond donors (Lipinski definition) is 1. The first-order chi connectivity index (χ1) is 8.55. The van der Waals surface area contributed by atoms with E-state index in [1.165, 1.54) is 0 Å². The Kier molecular flexibility index (Phi) is 3.26. The molecule has 1 N–H and O–H groups in total. The van der Waals surface area contributed by atoms with Crippen molar-refractivity contribution < 1.29 is 31.4 Å². The summed E-state index contributed by atoms with van der Waals surface area (Å²) >= 11 is 0. The van der Waals surface area contributed by atoms with Crippen molar-refractivity contribution in [3.05, 3.63) is 16.9 Å². The molecule has 0 aliphatic heterocycles. The molecular weight excluding hydrogens is 274 g/mol. The van der Waals surface area contributed by atoms with Gasteiger partial charge in [-0.25, -0.2) is 0 Å². The van der Waals surface area contributed by atoms with Crippen LogP contribution in [0, 0.1) is 5.92 Å². The third kappa shape index (κ3) is 2.30. The van der Waals surface area contributed by atoms with Crippen molar-refractivity contribution >= 4 is 0 Å². The Hall–Kier alpha value is -0.940. The van der Waals surface area contributed by atoms with Crippen molar-refractivity contribution in [2.75, 3.05) is 0 Å². The van der Waals surface area contributed by atoms with Gasteiger partial charge in [0.1, 0.15) is 0 Å². The van der Waals surface area contributed by atoms with Gasteiger partial charge in [0, 0.05) is 5.57 Å². The van der Waals surface area contributed by atoms with E-state index in [0.717, 1.165) is 6.42 Å². The molecule has 2 rings (SSSR count). The van der Waals surface area contributed by atoms with E-state index in [4.69, 9.17) is 0 Å². The Morgan fingerprint density at radius 2 is 1.58 bits per heavy atom. The maximum Gasteiger partial charge on any atom is 0.430 e. The Morgan fingerprint density at radius 3 is 2.05 bits per heavy atom. The van der Waals surface area contributed by atoms with Crippen LogP contribution in [0.5, 0.6) is 0 Å². The molecule has 1 unspecified atom stereocenters. The minimum absolute atomic E-state index is 0.253. The second-order valence-corrected chi connectivity index (χ2v) is 5.08. The van der Waals surface area contributed by atoms with E-state index in [2.05, 4.69) is 5.73 Å². The van der Waals surface area contributed by atoms with Crippen LogP contribution in [0.25, 0.3) is 0 Å². The molecule has 19 heavy (non-hydrogen) atoms. The van der Waals surface area contributed by atoms with Crippen LogP contribution < -0.4 is 0 Å². The van der Waals surface area contributed by atoms with Gasteiger partial charge in [0.05, 0.1) is 0 Å². The highest BCUT2D eigenvalue weighted by molar-refractivity contribution is 5.29. The van der Waals surface area contributed by atoms with Gasteiger partial charge in [0.25, 0.3) is 5.60 Å². The minimum atomic E-state index is -5.79. The van der Waals surface area contributed by atoms with Gasteiger partial charge in [-0.2, -0.15) is 26.3 Å². The highest BCUT2D eigenvalue weighted by Gasteiger charge is 2.72. The molecule has 0 heterocycles. The normalized spacial score (nSPS) is 24.9. The van der Waals surface area contributed by atoms with Gasteiger partial charge in [-0.1, -0.05) is 0 Å². The topological polar surface area (TPSA) is 20.2 Å². The van der Waals surface area contributed by atoms with Gasteiger partial charge in [-0.3, -0.25) is 0 Å². The molecule has 1 atom stereocenters. The Balaban J connectivity index is 2.55. The summed E-state index contributed by atoms with van der Waals surface area (Å²) in [5.41, 5.74) is -3.23. The molecule has 0 spiro atoms. The number of halogens is 6. The van der Waals surface area contributed by atoms with Gasteiger partial charge in [-0.05, 0) is 43.6 Å². The molecule has 1 fully saturated rings. The van der Waals surface area contributed by atoms with Crippen LogP contribution in [0.4, 0.5) is 26.3 Å². The van der Waals surface area contributed by atoms with E-state index >= 15 is 0 Å². The van der Waals surface area contributed by atoms with Crippen LogP contribution in [0.3, 0.4) is 0 Å². The average Bonchev–Trinajstić information content (AvgIpc) is 2.24. The van der Waals surface area contributed by atoms with Crippen molar-refractivity contribution in [2.24, 2.45) is 5.92 Å². The number of fused-ring (bicyclic) bond motifs is 2. The largest absolute Gasteiger partial charge is 0.430 e. The number of rotatable bonds is 1. The van der Waals surface area contributed by atoms with E-state index in [1.54, 1.807) is 0 Å². The molecule has 1 saturated carbocycles. The molecule has 1 nitrogen and oxygen atoms in total. The summed E-state index contributed by atoms with van der Waals surface area (Å²) in [4.78, 5) is 0. The molecule has 0 aromatic heterocycles. The zero-order valence-electron chi connectivity index (χ0n) is 9.83. The average molecular weight is 286 g/mol. The molecule has 0 aromatic carbocycles. The molecule has 0 amide bonds. The molecule has 2 aliphatic carbocycles. The van der Waals surface area contributed by atoms with Crippen LogP contribution in [-0.4, -0.2) is 23.1 Å². The highest BCUT2D eigenvalue weighted by atomic mass is 19.4. The summed E-state index contributed by atoms with van der Waals surface area (Å²) < 4.78 is 76.3. The summed E-state index contributed by atoms with van der Waals surface area (Å²) in [6, 6.07) is 0.